The van der Waals surface area contributed by atoms with Crippen LogP contribution in [-0.4, -0.2) is 37.3 Å². The number of carboxylic acids is 1. The summed E-state index contributed by atoms with van der Waals surface area (Å²) in [5.41, 5.74) is 0. The van der Waals surface area contributed by atoms with Crippen LogP contribution in [0, 0.1) is 5.92 Å². The third-order valence-electron chi connectivity index (χ3n) is 5.29. The molecule has 1 fully saturated rings. The number of nitrogens with one attached hydrogen (secondary N) is 2. The molecule has 0 radical (unpaired) electrons. The van der Waals surface area contributed by atoms with Gasteiger partial charge in [0.15, 0.2) is 0 Å². The van der Waals surface area contributed by atoms with Gasteiger partial charge in [-0.25, -0.2) is 0 Å². The summed E-state index contributed by atoms with van der Waals surface area (Å²) in [6.45, 7) is 4.56. The van der Waals surface area contributed by atoms with Gasteiger partial charge in [0.2, 0.25) is 0 Å². The van der Waals surface area contributed by atoms with Gasteiger partial charge in [-0.2, -0.15) is 0 Å². The van der Waals surface area contributed by atoms with Crippen molar-refractivity contribution in [3.8, 4) is 0 Å². The summed E-state index contributed by atoms with van der Waals surface area (Å²) < 4.78 is 0. The van der Waals surface area contributed by atoms with Gasteiger partial charge in [0.1, 0.15) is 0 Å². The summed E-state index contributed by atoms with van der Waals surface area (Å²) in [5.74, 6) is 0.235. The predicted octanol–water partition coefficient (Wildman–Crippen LogP) is 4.90. The van der Waals surface area contributed by atoms with Gasteiger partial charge in [0.05, 0.1) is 0 Å². The number of unbranched alkanes of at least 4 members (excludes halogenated alkanes) is 9. The second-order valence-electron chi connectivity index (χ2n) is 7.73. The lowest BCUT2D eigenvalue weighted by atomic mass is 9.99. The number of piperazine rings is 1. The van der Waals surface area contributed by atoms with Crippen LogP contribution in [0.2, 0.25) is 0 Å². The van der Waals surface area contributed by atoms with E-state index in [1.54, 1.807) is 0 Å². The summed E-state index contributed by atoms with van der Waals surface area (Å²) in [6.07, 6.45) is 21.9. The molecule has 1 atom stereocenters. The summed E-state index contributed by atoms with van der Waals surface area (Å²) in [4.78, 5) is 10.3. The Morgan fingerprint density at radius 1 is 0.808 bits per heavy atom. The molecule has 0 aromatic rings. The van der Waals surface area contributed by atoms with E-state index in [0.29, 0.717) is 6.42 Å². The van der Waals surface area contributed by atoms with Crippen LogP contribution in [-0.2, 0) is 4.79 Å². The topological polar surface area (TPSA) is 61.4 Å². The van der Waals surface area contributed by atoms with Gasteiger partial charge < -0.3 is 15.7 Å². The molecular formula is C22H42N2O2. The zero-order valence-corrected chi connectivity index (χ0v) is 16.8. The summed E-state index contributed by atoms with van der Waals surface area (Å²) in [6, 6.07) is 0. The molecule has 0 spiro atoms. The molecule has 2 rings (SSSR count). The van der Waals surface area contributed by atoms with E-state index in [-0.39, 0.29) is 0 Å². The number of hydrogen-bond acceptors (Lipinski definition) is 3. The first-order valence-electron chi connectivity index (χ1n) is 11.1. The molecule has 152 valence electrons. The maximum absolute atomic E-state index is 10.3. The van der Waals surface area contributed by atoms with Gasteiger partial charge in [0, 0.05) is 32.6 Å². The third-order valence-corrected chi connectivity index (χ3v) is 5.29. The van der Waals surface area contributed by atoms with Crippen molar-refractivity contribution < 1.29 is 9.90 Å². The van der Waals surface area contributed by atoms with Crippen LogP contribution in [0.15, 0.2) is 12.2 Å². The van der Waals surface area contributed by atoms with Crippen molar-refractivity contribution in [2.45, 2.75) is 89.9 Å². The second kappa shape index (κ2) is 17.5. The fourth-order valence-corrected chi connectivity index (χ4v) is 3.64. The van der Waals surface area contributed by atoms with Crippen LogP contribution < -0.4 is 10.6 Å². The Labute approximate surface area is 161 Å². The number of aliphatic carboxylic acids is 1. The van der Waals surface area contributed by atoms with E-state index in [0.717, 1.165) is 44.9 Å². The van der Waals surface area contributed by atoms with Crippen LogP contribution >= 0.6 is 0 Å². The maximum Gasteiger partial charge on any atom is 0.303 e. The number of rotatable bonds is 13. The van der Waals surface area contributed by atoms with Crippen molar-refractivity contribution >= 4 is 5.97 Å². The Balaban J connectivity index is 0.000000472. The first-order chi connectivity index (χ1) is 12.8. The smallest absolute Gasteiger partial charge is 0.303 e. The zero-order valence-electron chi connectivity index (χ0n) is 16.8. The molecule has 26 heavy (non-hydrogen) atoms. The van der Waals surface area contributed by atoms with Gasteiger partial charge >= 0.3 is 5.97 Å². The average molecular weight is 367 g/mol. The Kier molecular flexibility index (Phi) is 15.6. The number of carbonyl (C=O) groups is 1. The molecule has 1 aliphatic carbocycles. The molecule has 0 amide bonds. The van der Waals surface area contributed by atoms with Crippen LogP contribution in [0.3, 0.4) is 0 Å². The third kappa shape index (κ3) is 15.4. The fraction of sp³-hybridized carbons (Fsp3) is 0.864. The largest absolute Gasteiger partial charge is 0.481 e. The van der Waals surface area contributed by atoms with E-state index in [2.05, 4.69) is 22.8 Å². The van der Waals surface area contributed by atoms with Crippen molar-refractivity contribution in [2.24, 2.45) is 5.92 Å². The van der Waals surface area contributed by atoms with Gasteiger partial charge in [-0.1, -0.05) is 69.9 Å². The fourth-order valence-electron chi connectivity index (χ4n) is 3.64. The van der Waals surface area contributed by atoms with E-state index in [1.165, 1.54) is 70.6 Å². The van der Waals surface area contributed by atoms with Crippen LogP contribution in [0.25, 0.3) is 0 Å². The number of carboxylic acid groups (broad SMARTS) is 1. The highest BCUT2D eigenvalue weighted by atomic mass is 16.4. The van der Waals surface area contributed by atoms with Gasteiger partial charge in [-0.05, 0) is 31.6 Å². The summed E-state index contributed by atoms with van der Waals surface area (Å²) >= 11 is 0. The molecule has 0 aromatic carbocycles. The van der Waals surface area contributed by atoms with Crippen molar-refractivity contribution in [3.63, 3.8) is 0 Å². The molecular weight excluding hydrogens is 324 g/mol. The highest BCUT2D eigenvalue weighted by molar-refractivity contribution is 5.66. The lowest BCUT2D eigenvalue weighted by molar-refractivity contribution is -0.137. The Morgan fingerprint density at radius 3 is 1.73 bits per heavy atom. The molecule has 0 bridgehead atoms. The quantitative estimate of drug-likeness (QED) is 0.320. The normalized spacial score (nSPS) is 19.2. The van der Waals surface area contributed by atoms with Crippen molar-refractivity contribution in [2.75, 3.05) is 26.2 Å². The molecule has 0 aromatic heterocycles. The minimum Gasteiger partial charge on any atom is -0.481 e. The van der Waals surface area contributed by atoms with E-state index < -0.39 is 5.97 Å². The lowest BCUT2D eigenvalue weighted by Gasteiger charge is -2.11. The monoisotopic (exact) mass is 366 g/mol. The predicted molar refractivity (Wildman–Crippen MR) is 111 cm³/mol. The SMILES string of the molecule is C1CNCCN1.O=C(O)CCCCCCCCCCCCC1C=CCC1. The maximum atomic E-state index is 10.3. The molecule has 3 N–H and O–H groups in total. The van der Waals surface area contributed by atoms with E-state index in [1.807, 2.05) is 0 Å². The lowest BCUT2D eigenvalue weighted by Crippen LogP contribution is -2.39. The minimum atomic E-state index is -0.655. The van der Waals surface area contributed by atoms with Gasteiger partial charge in [0.25, 0.3) is 0 Å². The van der Waals surface area contributed by atoms with E-state index in [9.17, 15) is 4.79 Å². The first kappa shape index (κ1) is 23.2. The molecule has 1 heterocycles. The molecule has 1 aliphatic heterocycles. The van der Waals surface area contributed by atoms with E-state index >= 15 is 0 Å². The second-order valence-corrected chi connectivity index (χ2v) is 7.73. The first-order valence-corrected chi connectivity index (χ1v) is 11.1. The summed E-state index contributed by atoms with van der Waals surface area (Å²) in [5, 5.41) is 15.0. The average Bonchev–Trinajstić information content (AvgIpc) is 3.18. The van der Waals surface area contributed by atoms with Crippen molar-refractivity contribution in [3.05, 3.63) is 12.2 Å². The van der Waals surface area contributed by atoms with Crippen LogP contribution in [0.1, 0.15) is 89.9 Å². The zero-order chi connectivity index (χ0) is 18.7. The molecule has 2 aliphatic rings. The van der Waals surface area contributed by atoms with Crippen LogP contribution in [0.4, 0.5) is 0 Å². The molecule has 1 saturated heterocycles. The molecule has 0 saturated carbocycles. The Bertz CT molecular complexity index is 343. The van der Waals surface area contributed by atoms with Crippen LogP contribution in [0.5, 0.6) is 0 Å². The minimum absolute atomic E-state index is 0.343. The van der Waals surface area contributed by atoms with Gasteiger partial charge in [-0.3, -0.25) is 4.79 Å². The molecule has 4 heteroatoms. The number of hydrogen-bond donors (Lipinski definition) is 3. The Morgan fingerprint density at radius 2 is 1.31 bits per heavy atom. The van der Waals surface area contributed by atoms with Gasteiger partial charge in [-0.15, -0.1) is 0 Å². The summed E-state index contributed by atoms with van der Waals surface area (Å²) in [7, 11) is 0. The van der Waals surface area contributed by atoms with E-state index in [4.69, 9.17) is 5.11 Å². The Hall–Kier alpha value is -0.870. The molecule has 4 nitrogen and oxygen atoms in total. The highest BCUT2D eigenvalue weighted by Gasteiger charge is 2.07. The van der Waals surface area contributed by atoms with Crippen molar-refractivity contribution in [1.82, 2.24) is 10.6 Å². The molecule has 1 unspecified atom stereocenters. The standard InChI is InChI=1S/C18H32O2.C4H10N2/c19-18(20)16-10-8-6-4-2-1-3-5-7-9-13-17-14-11-12-15-17;1-2-6-4-3-5-1/h11,14,17H,1-10,12-13,15-16H2,(H,19,20);5-6H,1-4H2. The van der Waals surface area contributed by atoms with Crippen molar-refractivity contribution in [1.29, 1.82) is 0 Å². The number of allylic oxidation sites excluding steroid dienone is 2. The highest BCUT2D eigenvalue weighted by Crippen LogP contribution is 2.23.